The molecule has 4 heteroatoms. The largest absolute Gasteiger partial charge is 0.338 e. The highest BCUT2D eigenvalue weighted by atomic mass is 19.1. The lowest BCUT2D eigenvalue weighted by atomic mass is 9.92. The summed E-state index contributed by atoms with van der Waals surface area (Å²) in [6.07, 6.45) is 1.89. The van der Waals surface area contributed by atoms with Crippen molar-refractivity contribution < 1.29 is 9.18 Å². The highest BCUT2D eigenvalue weighted by Crippen LogP contribution is 2.41. The van der Waals surface area contributed by atoms with Crippen LogP contribution in [0.1, 0.15) is 41.1 Å². The van der Waals surface area contributed by atoms with E-state index in [1.807, 2.05) is 36.4 Å². The summed E-state index contributed by atoms with van der Waals surface area (Å²) in [5.74, 6) is 0.520. The Kier molecular flexibility index (Phi) is 4.77. The lowest BCUT2D eigenvalue weighted by molar-refractivity contribution is 0.0433. The summed E-state index contributed by atoms with van der Waals surface area (Å²) in [4.78, 5) is 14.2. The average Bonchev–Trinajstić information content (AvgIpc) is 3.48. The predicted octanol–water partition coefficient (Wildman–Crippen LogP) is 3.78. The van der Waals surface area contributed by atoms with Crippen molar-refractivity contribution in [2.45, 2.75) is 36.9 Å². The number of halogens is 1. The van der Waals surface area contributed by atoms with Gasteiger partial charge in [-0.3, -0.25) is 4.79 Å². The maximum absolute atomic E-state index is 15.1. The van der Waals surface area contributed by atoms with Gasteiger partial charge in [0.2, 0.25) is 0 Å². The van der Waals surface area contributed by atoms with E-state index in [0.717, 1.165) is 6.42 Å². The highest BCUT2D eigenvalue weighted by Gasteiger charge is 2.42. The lowest BCUT2D eigenvalue weighted by Crippen LogP contribution is -2.49. The molecule has 2 aliphatic rings. The molecule has 2 atom stereocenters. The molecular weight excluding hydrogens is 327 g/mol. The normalized spacial score (nSPS) is 24.3. The molecule has 0 aromatic heterocycles. The van der Waals surface area contributed by atoms with Gasteiger partial charge in [0.15, 0.2) is 0 Å². The second-order valence-corrected chi connectivity index (χ2v) is 7.55. The predicted molar refractivity (Wildman–Crippen MR) is 101 cm³/mol. The molecule has 1 saturated carbocycles. The van der Waals surface area contributed by atoms with E-state index in [0.29, 0.717) is 50.0 Å². The van der Waals surface area contributed by atoms with Gasteiger partial charge in [-0.1, -0.05) is 48.5 Å². The minimum atomic E-state index is -1.21. The maximum Gasteiger partial charge on any atom is 0.253 e. The van der Waals surface area contributed by atoms with Crippen LogP contribution in [0.15, 0.2) is 60.7 Å². The van der Waals surface area contributed by atoms with Gasteiger partial charge < -0.3 is 10.2 Å². The smallest absolute Gasteiger partial charge is 0.253 e. The van der Waals surface area contributed by atoms with Crippen molar-refractivity contribution in [1.82, 2.24) is 10.2 Å². The monoisotopic (exact) mass is 352 g/mol. The van der Waals surface area contributed by atoms with E-state index >= 15 is 4.39 Å². The highest BCUT2D eigenvalue weighted by molar-refractivity contribution is 5.94. The van der Waals surface area contributed by atoms with Crippen molar-refractivity contribution in [3.63, 3.8) is 0 Å². The van der Waals surface area contributed by atoms with Gasteiger partial charge in [-0.2, -0.15) is 0 Å². The number of hydrogen-bond acceptors (Lipinski definition) is 2. The zero-order valence-electron chi connectivity index (χ0n) is 14.9. The molecule has 1 heterocycles. The summed E-state index contributed by atoms with van der Waals surface area (Å²) in [6.45, 7) is 1.35. The van der Waals surface area contributed by atoms with Gasteiger partial charge in [0.1, 0.15) is 5.67 Å². The molecule has 2 fully saturated rings. The molecule has 0 radical (unpaired) electrons. The van der Waals surface area contributed by atoms with E-state index in [1.54, 1.807) is 4.90 Å². The van der Waals surface area contributed by atoms with Crippen LogP contribution in [0.4, 0.5) is 4.39 Å². The topological polar surface area (TPSA) is 32.3 Å². The molecule has 26 heavy (non-hydrogen) atoms. The summed E-state index contributed by atoms with van der Waals surface area (Å²) in [6, 6.07) is 20.1. The molecule has 3 nitrogen and oxygen atoms in total. The summed E-state index contributed by atoms with van der Waals surface area (Å²) in [7, 11) is 0. The van der Waals surface area contributed by atoms with Crippen LogP contribution in [-0.4, -0.2) is 42.2 Å². The summed E-state index contributed by atoms with van der Waals surface area (Å²) < 4.78 is 15.1. The van der Waals surface area contributed by atoms with Gasteiger partial charge in [0.25, 0.3) is 5.91 Å². The number of alkyl halides is 1. The van der Waals surface area contributed by atoms with Crippen LogP contribution in [0, 0.1) is 0 Å². The number of carbonyl (C=O) groups excluding carboxylic acids is 1. The van der Waals surface area contributed by atoms with Gasteiger partial charge >= 0.3 is 0 Å². The minimum Gasteiger partial charge on any atom is -0.338 e. The fraction of sp³-hybridized carbons (Fsp3) is 0.409. The molecule has 1 aliphatic carbocycles. The first kappa shape index (κ1) is 17.2. The van der Waals surface area contributed by atoms with E-state index in [-0.39, 0.29) is 5.91 Å². The van der Waals surface area contributed by atoms with Gasteiger partial charge in [0.05, 0.1) is 0 Å². The maximum atomic E-state index is 15.1. The van der Waals surface area contributed by atoms with Crippen LogP contribution in [0.2, 0.25) is 0 Å². The van der Waals surface area contributed by atoms with Crippen molar-refractivity contribution in [3.05, 3.63) is 71.8 Å². The quantitative estimate of drug-likeness (QED) is 0.888. The van der Waals surface area contributed by atoms with Gasteiger partial charge in [-0.15, -0.1) is 0 Å². The number of carbonyl (C=O) groups is 1. The molecule has 136 valence electrons. The van der Waals surface area contributed by atoms with Crippen molar-refractivity contribution in [2.24, 2.45) is 0 Å². The van der Waals surface area contributed by atoms with Gasteiger partial charge in [-0.05, 0) is 24.1 Å². The number of nitrogens with zero attached hydrogens (tertiary/aromatic N) is 1. The Morgan fingerprint density at radius 1 is 1.04 bits per heavy atom. The second-order valence-electron chi connectivity index (χ2n) is 7.55. The molecule has 0 spiro atoms. The SMILES string of the molecule is O=C(c1ccccc1)N1CCC(F)(CNC2CC2c2ccccc2)CC1. The number of nitrogens with one attached hydrogen (secondary N) is 1. The molecule has 1 amide bonds. The molecule has 1 N–H and O–H groups in total. The molecule has 2 aromatic carbocycles. The Balaban J connectivity index is 1.26. The number of benzene rings is 2. The summed E-state index contributed by atoms with van der Waals surface area (Å²) >= 11 is 0. The van der Waals surface area contributed by atoms with E-state index in [2.05, 4.69) is 29.6 Å². The number of piperidine rings is 1. The van der Waals surface area contributed by atoms with Crippen molar-refractivity contribution in [3.8, 4) is 0 Å². The fourth-order valence-electron chi connectivity index (χ4n) is 3.85. The van der Waals surface area contributed by atoms with E-state index < -0.39 is 5.67 Å². The standard InChI is InChI=1S/C22H25FN2O/c23-22(16-24-20-15-19(20)17-7-3-1-4-8-17)11-13-25(14-12-22)21(26)18-9-5-2-6-10-18/h1-10,19-20,24H,11-16H2. The summed E-state index contributed by atoms with van der Waals surface area (Å²) in [5.41, 5.74) is 0.805. The van der Waals surface area contributed by atoms with Crippen LogP contribution in [0.25, 0.3) is 0 Å². The summed E-state index contributed by atoms with van der Waals surface area (Å²) in [5, 5.41) is 3.41. The van der Waals surface area contributed by atoms with Crippen molar-refractivity contribution in [2.75, 3.05) is 19.6 Å². The Bertz CT molecular complexity index is 741. The molecule has 2 unspecified atom stereocenters. The van der Waals surface area contributed by atoms with E-state index in [4.69, 9.17) is 0 Å². The molecule has 1 aliphatic heterocycles. The minimum absolute atomic E-state index is 0.00643. The van der Waals surface area contributed by atoms with Crippen LogP contribution in [-0.2, 0) is 0 Å². The van der Waals surface area contributed by atoms with Gasteiger partial charge in [-0.25, -0.2) is 4.39 Å². The molecule has 1 saturated heterocycles. The third-order valence-electron chi connectivity index (χ3n) is 5.67. The van der Waals surface area contributed by atoms with Gasteiger partial charge in [0, 0.05) is 50.0 Å². The number of rotatable bonds is 5. The van der Waals surface area contributed by atoms with Crippen LogP contribution < -0.4 is 5.32 Å². The number of hydrogen-bond donors (Lipinski definition) is 1. The Morgan fingerprint density at radius 3 is 2.31 bits per heavy atom. The number of likely N-dealkylation sites (tertiary alicyclic amines) is 1. The number of amides is 1. The Labute approximate surface area is 154 Å². The average molecular weight is 352 g/mol. The van der Waals surface area contributed by atoms with Crippen molar-refractivity contribution in [1.29, 1.82) is 0 Å². The lowest BCUT2D eigenvalue weighted by Gasteiger charge is -2.36. The first-order valence-electron chi connectivity index (χ1n) is 9.46. The zero-order chi connectivity index (χ0) is 18.0. The second kappa shape index (κ2) is 7.20. The molecule has 4 rings (SSSR count). The Morgan fingerprint density at radius 2 is 1.65 bits per heavy atom. The molecule has 2 aromatic rings. The van der Waals surface area contributed by atoms with Crippen LogP contribution >= 0.6 is 0 Å². The van der Waals surface area contributed by atoms with Crippen molar-refractivity contribution >= 4 is 5.91 Å². The third-order valence-corrected chi connectivity index (χ3v) is 5.67. The van der Waals surface area contributed by atoms with Crippen LogP contribution in [0.5, 0.6) is 0 Å². The zero-order valence-corrected chi connectivity index (χ0v) is 14.9. The van der Waals surface area contributed by atoms with Crippen LogP contribution in [0.3, 0.4) is 0 Å². The third kappa shape index (κ3) is 3.80. The first-order chi connectivity index (χ1) is 12.6. The molecular formula is C22H25FN2O. The molecule has 0 bridgehead atoms. The first-order valence-corrected chi connectivity index (χ1v) is 9.46. The fourth-order valence-corrected chi connectivity index (χ4v) is 3.85. The van der Waals surface area contributed by atoms with E-state index in [1.165, 1.54) is 5.56 Å². The van der Waals surface area contributed by atoms with E-state index in [9.17, 15) is 4.79 Å². The Hall–Kier alpha value is -2.20.